The van der Waals surface area contributed by atoms with Crippen molar-refractivity contribution in [2.75, 3.05) is 26.1 Å². The lowest BCUT2D eigenvalue weighted by molar-refractivity contribution is -0.118. The zero-order chi connectivity index (χ0) is 16.8. The monoisotopic (exact) mass is 399 g/mol. The highest BCUT2D eigenvalue weighted by Gasteiger charge is 2.11. The van der Waals surface area contributed by atoms with E-state index in [4.69, 9.17) is 25.8 Å². The number of carbonyl (C=O) groups excluding carboxylic acids is 1. The van der Waals surface area contributed by atoms with Crippen LogP contribution in [-0.4, -0.2) is 26.7 Å². The van der Waals surface area contributed by atoms with Crippen LogP contribution in [0.2, 0.25) is 5.02 Å². The largest absolute Gasteiger partial charge is 0.497 e. The normalized spacial score (nSPS) is 10.1. The predicted molar refractivity (Wildman–Crippen MR) is 92.8 cm³/mol. The number of benzene rings is 2. The Morgan fingerprint density at radius 2 is 1.91 bits per heavy atom. The Balaban J connectivity index is 2.03. The van der Waals surface area contributed by atoms with Gasteiger partial charge in [-0.1, -0.05) is 27.5 Å². The molecule has 0 aliphatic rings. The van der Waals surface area contributed by atoms with E-state index in [9.17, 15) is 4.79 Å². The van der Waals surface area contributed by atoms with Crippen LogP contribution in [-0.2, 0) is 4.79 Å². The van der Waals surface area contributed by atoms with Gasteiger partial charge >= 0.3 is 0 Å². The zero-order valence-electron chi connectivity index (χ0n) is 12.6. The molecule has 0 saturated carbocycles. The number of amides is 1. The Hall–Kier alpha value is -1.92. The number of ether oxygens (including phenoxy) is 3. The molecule has 0 atom stereocenters. The molecule has 2 aromatic carbocycles. The molecule has 0 spiro atoms. The predicted octanol–water partition coefficient (Wildman–Crippen LogP) is 4.14. The zero-order valence-corrected chi connectivity index (χ0v) is 14.9. The summed E-state index contributed by atoms with van der Waals surface area (Å²) in [7, 11) is 3.07. The van der Waals surface area contributed by atoms with Gasteiger partial charge in [-0.2, -0.15) is 0 Å². The van der Waals surface area contributed by atoms with Crippen LogP contribution >= 0.6 is 27.5 Å². The third-order valence-corrected chi connectivity index (χ3v) is 3.74. The second-order valence-corrected chi connectivity index (χ2v) is 5.80. The molecular formula is C16H15BrClNO4. The number of nitrogens with one attached hydrogen (secondary N) is 1. The summed E-state index contributed by atoms with van der Waals surface area (Å²) in [6, 6.07) is 10.3. The molecular weight excluding hydrogens is 386 g/mol. The SMILES string of the molecule is COc1ccc(OC)c(NC(=O)COc2cc(Br)ccc2Cl)c1. The van der Waals surface area contributed by atoms with Crippen molar-refractivity contribution in [3.63, 3.8) is 0 Å². The van der Waals surface area contributed by atoms with Crippen LogP contribution in [0.3, 0.4) is 0 Å². The molecule has 0 aliphatic heterocycles. The molecule has 1 N–H and O–H groups in total. The van der Waals surface area contributed by atoms with Crippen LogP contribution in [0, 0.1) is 0 Å². The van der Waals surface area contributed by atoms with Crippen LogP contribution in [0.5, 0.6) is 17.2 Å². The van der Waals surface area contributed by atoms with Gasteiger partial charge in [-0.05, 0) is 30.3 Å². The van der Waals surface area contributed by atoms with E-state index in [0.717, 1.165) is 4.47 Å². The van der Waals surface area contributed by atoms with Crippen molar-refractivity contribution >= 4 is 39.1 Å². The maximum Gasteiger partial charge on any atom is 0.262 e. The molecule has 0 aromatic heterocycles. The highest BCUT2D eigenvalue weighted by Crippen LogP contribution is 2.30. The maximum absolute atomic E-state index is 12.1. The number of hydrogen-bond donors (Lipinski definition) is 1. The number of hydrogen-bond acceptors (Lipinski definition) is 4. The van der Waals surface area contributed by atoms with Gasteiger partial charge in [-0.25, -0.2) is 0 Å². The summed E-state index contributed by atoms with van der Waals surface area (Å²) in [5.74, 6) is 1.22. The summed E-state index contributed by atoms with van der Waals surface area (Å²) in [6.45, 7) is -0.184. The first-order valence-corrected chi connectivity index (χ1v) is 7.80. The van der Waals surface area contributed by atoms with E-state index in [2.05, 4.69) is 21.2 Å². The summed E-state index contributed by atoms with van der Waals surface area (Å²) in [6.07, 6.45) is 0. The standard InChI is InChI=1S/C16H15BrClNO4/c1-21-11-4-6-14(22-2)13(8-11)19-16(20)9-23-15-7-10(17)3-5-12(15)18/h3-8H,9H2,1-2H3,(H,19,20). The van der Waals surface area contributed by atoms with Crippen LogP contribution in [0.25, 0.3) is 0 Å². The first kappa shape index (κ1) is 17.4. The first-order chi connectivity index (χ1) is 11.0. The average molecular weight is 401 g/mol. The Morgan fingerprint density at radius 1 is 1.13 bits per heavy atom. The van der Waals surface area contributed by atoms with Gasteiger partial charge in [0, 0.05) is 10.5 Å². The van der Waals surface area contributed by atoms with E-state index in [-0.39, 0.29) is 12.5 Å². The number of halogens is 2. The molecule has 0 saturated heterocycles. The van der Waals surface area contributed by atoms with Crippen molar-refractivity contribution in [3.8, 4) is 17.2 Å². The lowest BCUT2D eigenvalue weighted by atomic mass is 10.2. The molecule has 1 amide bonds. The smallest absolute Gasteiger partial charge is 0.262 e. The van der Waals surface area contributed by atoms with E-state index < -0.39 is 0 Å². The van der Waals surface area contributed by atoms with Crippen LogP contribution in [0.15, 0.2) is 40.9 Å². The molecule has 7 heteroatoms. The minimum atomic E-state index is -0.340. The summed E-state index contributed by atoms with van der Waals surface area (Å²) in [4.78, 5) is 12.1. The topological polar surface area (TPSA) is 56.8 Å². The van der Waals surface area contributed by atoms with E-state index in [1.54, 1.807) is 43.5 Å². The fourth-order valence-corrected chi connectivity index (χ4v) is 2.34. The molecule has 122 valence electrons. The fourth-order valence-electron chi connectivity index (χ4n) is 1.83. The number of carbonyl (C=O) groups is 1. The van der Waals surface area contributed by atoms with Gasteiger partial charge in [0.1, 0.15) is 17.2 Å². The Labute approximate surface area is 147 Å². The minimum absolute atomic E-state index is 0.184. The number of anilines is 1. The number of methoxy groups -OCH3 is 2. The van der Waals surface area contributed by atoms with Crippen molar-refractivity contribution in [1.29, 1.82) is 0 Å². The summed E-state index contributed by atoms with van der Waals surface area (Å²) >= 11 is 9.34. The molecule has 0 radical (unpaired) electrons. The van der Waals surface area contributed by atoms with Gasteiger partial charge in [0.25, 0.3) is 5.91 Å². The third-order valence-electron chi connectivity index (χ3n) is 2.93. The Kier molecular flexibility index (Phi) is 6.12. The second-order valence-electron chi connectivity index (χ2n) is 4.48. The van der Waals surface area contributed by atoms with Crippen LogP contribution < -0.4 is 19.5 Å². The minimum Gasteiger partial charge on any atom is -0.497 e. The summed E-state index contributed by atoms with van der Waals surface area (Å²) < 4.78 is 16.6. The van der Waals surface area contributed by atoms with Gasteiger partial charge < -0.3 is 19.5 Å². The van der Waals surface area contributed by atoms with Crippen LogP contribution in [0.1, 0.15) is 0 Å². The molecule has 0 bridgehead atoms. The fraction of sp³-hybridized carbons (Fsp3) is 0.188. The maximum atomic E-state index is 12.1. The summed E-state index contributed by atoms with van der Waals surface area (Å²) in [5.41, 5.74) is 0.501. The van der Waals surface area contributed by atoms with Gasteiger partial charge in [0.15, 0.2) is 6.61 Å². The molecule has 0 unspecified atom stereocenters. The number of rotatable bonds is 6. The van der Waals surface area contributed by atoms with Gasteiger partial charge in [0.05, 0.1) is 24.9 Å². The molecule has 2 rings (SSSR count). The highest BCUT2D eigenvalue weighted by atomic mass is 79.9. The van der Waals surface area contributed by atoms with Crippen molar-refractivity contribution in [1.82, 2.24) is 0 Å². The molecule has 0 fully saturated rings. The Bertz CT molecular complexity index is 708. The second kappa shape index (κ2) is 8.08. The van der Waals surface area contributed by atoms with E-state index in [0.29, 0.717) is 28.0 Å². The molecule has 23 heavy (non-hydrogen) atoms. The first-order valence-electron chi connectivity index (χ1n) is 6.63. The molecule has 0 aliphatic carbocycles. The highest BCUT2D eigenvalue weighted by molar-refractivity contribution is 9.10. The van der Waals surface area contributed by atoms with Gasteiger partial charge in [-0.3, -0.25) is 4.79 Å². The van der Waals surface area contributed by atoms with Crippen molar-refractivity contribution in [2.45, 2.75) is 0 Å². The quantitative estimate of drug-likeness (QED) is 0.792. The lowest BCUT2D eigenvalue weighted by Gasteiger charge is -2.12. The van der Waals surface area contributed by atoms with Crippen molar-refractivity contribution in [2.24, 2.45) is 0 Å². The van der Waals surface area contributed by atoms with Crippen molar-refractivity contribution in [3.05, 3.63) is 45.9 Å². The Morgan fingerprint density at radius 3 is 2.61 bits per heavy atom. The van der Waals surface area contributed by atoms with E-state index in [1.807, 2.05) is 0 Å². The lowest BCUT2D eigenvalue weighted by Crippen LogP contribution is -2.20. The van der Waals surface area contributed by atoms with E-state index >= 15 is 0 Å². The summed E-state index contributed by atoms with van der Waals surface area (Å²) in [5, 5.41) is 3.15. The van der Waals surface area contributed by atoms with Crippen LogP contribution in [0.4, 0.5) is 5.69 Å². The van der Waals surface area contributed by atoms with Crippen molar-refractivity contribution < 1.29 is 19.0 Å². The molecule has 2 aromatic rings. The molecule has 0 heterocycles. The molecule has 5 nitrogen and oxygen atoms in total. The van der Waals surface area contributed by atoms with E-state index in [1.165, 1.54) is 7.11 Å². The average Bonchev–Trinajstić information content (AvgIpc) is 2.55. The van der Waals surface area contributed by atoms with Gasteiger partial charge in [-0.15, -0.1) is 0 Å². The third kappa shape index (κ3) is 4.77. The van der Waals surface area contributed by atoms with Gasteiger partial charge in [0.2, 0.25) is 0 Å².